The Labute approximate surface area is 131 Å². The fourth-order valence-electron chi connectivity index (χ4n) is 1.50. The summed E-state index contributed by atoms with van der Waals surface area (Å²) in [5, 5.41) is 2.47. The molecule has 0 saturated heterocycles. The highest BCUT2D eigenvalue weighted by Crippen LogP contribution is 2.22. The summed E-state index contributed by atoms with van der Waals surface area (Å²) < 4.78 is 59.1. The summed E-state index contributed by atoms with van der Waals surface area (Å²) in [5.74, 6) is -1.81. The summed E-state index contributed by atoms with van der Waals surface area (Å²) in [6.07, 6.45) is -4.17. The number of hydrogen-bond acceptors (Lipinski definition) is 4. The first-order valence-corrected chi connectivity index (χ1v) is 6.72. The molecule has 0 aliphatic carbocycles. The van der Waals surface area contributed by atoms with E-state index in [0.29, 0.717) is 0 Å². The topological polar surface area (TPSA) is 60.5 Å². The number of carbonyl (C=O) groups excluding carboxylic acids is 1. The Morgan fingerprint density at radius 1 is 1.35 bits per heavy atom. The van der Waals surface area contributed by atoms with Crippen molar-refractivity contribution in [2.45, 2.75) is 45.5 Å². The van der Waals surface area contributed by atoms with Crippen LogP contribution < -0.4 is 10.1 Å². The van der Waals surface area contributed by atoms with Crippen LogP contribution in [0.3, 0.4) is 0 Å². The highest BCUT2D eigenvalue weighted by atomic mass is 19.4. The number of nitrogens with one attached hydrogen (secondary N) is 1. The number of aromatic nitrogens is 1. The molecule has 1 rings (SSSR count). The van der Waals surface area contributed by atoms with Gasteiger partial charge < -0.3 is 14.8 Å². The number of rotatable bonds is 4. The maximum absolute atomic E-state index is 13.7. The molecule has 1 heterocycles. The van der Waals surface area contributed by atoms with E-state index >= 15 is 0 Å². The molecule has 1 amide bonds. The molecule has 0 bridgehead atoms. The monoisotopic (exact) mass is 338 g/mol. The van der Waals surface area contributed by atoms with E-state index in [1.165, 1.54) is 0 Å². The molecule has 1 aromatic heterocycles. The lowest BCUT2D eigenvalue weighted by Crippen LogP contribution is -2.34. The predicted molar refractivity (Wildman–Crippen MR) is 73.5 cm³/mol. The van der Waals surface area contributed by atoms with Gasteiger partial charge in [0.2, 0.25) is 0 Å². The lowest BCUT2D eigenvalue weighted by molar-refractivity contribution is -0.154. The van der Waals surface area contributed by atoms with Gasteiger partial charge in [-0.05, 0) is 39.3 Å². The molecular weight excluding hydrogens is 320 g/mol. The highest BCUT2D eigenvalue weighted by Gasteiger charge is 2.29. The van der Waals surface area contributed by atoms with Crippen molar-refractivity contribution in [2.75, 3.05) is 6.61 Å². The van der Waals surface area contributed by atoms with Crippen molar-refractivity contribution in [3.63, 3.8) is 0 Å². The molecule has 0 aliphatic rings. The van der Waals surface area contributed by atoms with Gasteiger partial charge in [-0.25, -0.2) is 14.2 Å². The third kappa shape index (κ3) is 7.16. The summed E-state index contributed by atoms with van der Waals surface area (Å²) in [4.78, 5) is 15.1. The summed E-state index contributed by atoms with van der Waals surface area (Å²) >= 11 is 0. The van der Waals surface area contributed by atoms with Gasteiger partial charge in [-0.1, -0.05) is 0 Å². The molecule has 9 heteroatoms. The minimum Gasteiger partial charge on any atom is -0.466 e. The van der Waals surface area contributed by atoms with Gasteiger partial charge in [0.1, 0.15) is 5.60 Å². The number of alkyl carbamates (subject to hydrolysis) is 1. The standard InChI is InChI=1S/C14H18F4N2O3/c1-8(20-12(21)23-13(2,3)4)9-5-10(15)11(19-6-9)22-7-14(16,17)18/h5-6,8H,7H2,1-4H3,(H,20,21). The SMILES string of the molecule is CC(NC(=O)OC(C)(C)C)c1cnc(OCC(F)(F)F)c(F)c1. The van der Waals surface area contributed by atoms with Crippen molar-refractivity contribution in [2.24, 2.45) is 0 Å². The van der Waals surface area contributed by atoms with Gasteiger partial charge in [0, 0.05) is 6.20 Å². The second-order valence-electron chi connectivity index (χ2n) is 5.83. The van der Waals surface area contributed by atoms with Crippen molar-refractivity contribution in [1.82, 2.24) is 10.3 Å². The van der Waals surface area contributed by atoms with Crippen LogP contribution in [-0.2, 0) is 4.74 Å². The van der Waals surface area contributed by atoms with E-state index in [0.717, 1.165) is 12.3 Å². The zero-order valence-corrected chi connectivity index (χ0v) is 13.1. The van der Waals surface area contributed by atoms with Crippen LogP contribution in [0.15, 0.2) is 12.3 Å². The van der Waals surface area contributed by atoms with Crippen LogP contribution >= 0.6 is 0 Å². The van der Waals surface area contributed by atoms with E-state index in [2.05, 4.69) is 15.0 Å². The molecule has 23 heavy (non-hydrogen) atoms. The molecule has 5 nitrogen and oxygen atoms in total. The van der Waals surface area contributed by atoms with E-state index in [9.17, 15) is 22.4 Å². The van der Waals surface area contributed by atoms with Gasteiger partial charge in [-0.15, -0.1) is 0 Å². The smallest absolute Gasteiger partial charge is 0.422 e. The summed E-state index contributed by atoms with van der Waals surface area (Å²) in [6.45, 7) is 4.97. The Kier molecular flexibility index (Phi) is 5.79. The molecule has 1 atom stereocenters. The van der Waals surface area contributed by atoms with Crippen LogP contribution in [0.4, 0.5) is 22.4 Å². The van der Waals surface area contributed by atoms with Gasteiger partial charge in [-0.3, -0.25) is 0 Å². The van der Waals surface area contributed by atoms with Crippen LogP contribution in [0.2, 0.25) is 0 Å². The van der Waals surface area contributed by atoms with Crippen molar-refractivity contribution in [1.29, 1.82) is 0 Å². The Morgan fingerprint density at radius 3 is 2.43 bits per heavy atom. The van der Waals surface area contributed by atoms with Crippen LogP contribution in [0.25, 0.3) is 0 Å². The fourth-order valence-corrected chi connectivity index (χ4v) is 1.50. The number of hydrogen-bond donors (Lipinski definition) is 1. The summed E-state index contributed by atoms with van der Waals surface area (Å²) in [7, 11) is 0. The largest absolute Gasteiger partial charge is 0.466 e. The van der Waals surface area contributed by atoms with Crippen molar-refractivity contribution in [3.05, 3.63) is 23.6 Å². The summed E-state index contributed by atoms with van der Waals surface area (Å²) in [6, 6.07) is 0.296. The number of amides is 1. The second-order valence-corrected chi connectivity index (χ2v) is 5.83. The second kappa shape index (κ2) is 7.01. The lowest BCUT2D eigenvalue weighted by Gasteiger charge is -2.22. The number of nitrogens with zero attached hydrogens (tertiary/aromatic N) is 1. The molecule has 0 saturated carbocycles. The third-order valence-electron chi connectivity index (χ3n) is 2.43. The van der Waals surface area contributed by atoms with Crippen LogP contribution in [0.5, 0.6) is 5.88 Å². The molecular formula is C14H18F4N2O3. The van der Waals surface area contributed by atoms with E-state index in [4.69, 9.17) is 4.74 Å². The van der Waals surface area contributed by atoms with Gasteiger partial charge >= 0.3 is 12.3 Å². The average Bonchev–Trinajstić information content (AvgIpc) is 2.33. The van der Waals surface area contributed by atoms with E-state index in [1.807, 2.05) is 0 Å². The van der Waals surface area contributed by atoms with Crippen LogP contribution in [0.1, 0.15) is 39.3 Å². The normalized spacial score (nSPS) is 13.4. The molecule has 130 valence electrons. The number of alkyl halides is 3. The number of halogens is 4. The first-order valence-electron chi connectivity index (χ1n) is 6.72. The Hall–Kier alpha value is -2.06. The number of carbonyl (C=O) groups is 1. The van der Waals surface area contributed by atoms with Gasteiger partial charge in [0.15, 0.2) is 12.4 Å². The molecule has 1 aromatic rings. The molecule has 0 spiro atoms. The summed E-state index contributed by atoms with van der Waals surface area (Å²) in [5.41, 5.74) is -0.435. The average molecular weight is 338 g/mol. The lowest BCUT2D eigenvalue weighted by atomic mass is 10.1. The van der Waals surface area contributed by atoms with E-state index in [-0.39, 0.29) is 5.56 Å². The van der Waals surface area contributed by atoms with Gasteiger partial charge in [0.05, 0.1) is 6.04 Å². The Bertz CT molecular complexity index is 556. The van der Waals surface area contributed by atoms with Crippen molar-refractivity contribution in [3.8, 4) is 5.88 Å². The Morgan fingerprint density at radius 2 is 1.96 bits per heavy atom. The van der Waals surface area contributed by atoms with Crippen LogP contribution in [0, 0.1) is 5.82 Å². The van der Waals surface area contributed by atoms with E-state index in [1.54, 1.807) is 27.7 Å². The van der Waals surface area contributed by atoms with Crippen molar-refractivity contribution < 1.29 is 31.8 Å². The molecule has 1 unspecified atom stereocenters. The molecule has 0 aliphatic heterocycles. The minimum atomic E-state index is -4.58. The zero-order valence-electron chi connectivity index (χ0n) is 13.1. The third-order valence-corrected chi connectivity index (χ3v) is 2.43. The number of ether oxygens (including phenoxy) is 2. The van der Waals surface area contributed by atoms with Gasteiger partial charge in [0.25, 0.3) is 5.88 Å². The maximum atomic E-state index is 13.7. The Balaban J connectivity index is 2.71. The first-order chi connectivity index (χ1) is 10.4. The van der Waals surface area contributed by atoms with Gasteiger partial charge in [-0.2, -0.15) is 13.2 Å². The molecule has 0 radical (unpaired) electrons. The predicted octanol–water partition coefficient (Wildman–Crippen LogP) is 3.75. The molecule has 0 fully saturated rings. The minimum absolute atomic E-state index is 0.257. The zero-order chi connectivity index (χ0) is 17.8. The van der Waals surface area contributed by atoms with E-state index < -0.39 is 42.2 Å². The first kappa shape index (κ1) is 19.0. The van der Waals surface area contributed by atoms with Crippen molar-refractivity contribution >= 4 is 6.09 Å². The highest BCUT2D eigenvalue weighted by molar-refractivity contribution is 5.68. The number of pyridine rings is 1. The fraction of sp³-hybridized carbons (Fsp3) is 0.571. The quantitative estimate of drug-likeness (QED) is 0.850. The molecule has 0 aromatic carbocycles. The molecule has 1 N–H and O–H groups in total. The van der Waals surface area contributed by atoms with Crippen LogP contribution in [-0.4, -0.2) is 29.5 Å². The maximum Gasteiger partial charge on any atom is 0.422 e.